The molecule has 1 heterocycles. The highest BCUT2D eigenvalue weighted by Gasteiger charge is 2.29. The highest BCUT2D eigenvalue weighted by atomic mass is 35.5. The van der Waals surface area contributed by atoms with Crippen LogP contribution in [0.5, 0.6) is 0 Å². The molecule has 110 valence electrons. The molecule has 2 N–H and O–H groups in total. The maximum absolute atomic E-state index is 12.6. The molecule has 1 aliphatic heterocycles. The van der Waals surface area contributed by atoms with Crippen LogP contribution < -0.4 is 5.73 Å². The molecule has 0 radical (unpaired) electrons. The molecule has 0 fully saturated rings. The highest BCUT2D eigenvalue weighted by molar-refractivity contribution is 8.01. The Balaban J connectivity index is 1.84. The Hall–Kier alpha value is -1.17. The van der Waals surface area contributed by atoms with Crippen molar-refractivity contribution >= 4 is 38.9 Å². The second-order valence-corrected chi connectivity index (χ2v) is 8.80. The number of sulfone groups is 1. The van der Waals surface area contributed by atoms with Gasteiger partial charge in [-0.3, -0.25) is 0 Å². The number of benzene rings is 2. The Kier molecular flexibility index (Phi) is 3.90. The molecule has 3 nitrogen and oxygen atoms in total. The third kappa shape index (κ3) is 3.05. The van der Waals surface area contributed by atoms with Gasteiger partial charge in [-0.15, -0.1) is 11.8 Å². The number of fused-ring (bicyclic) bond motifs is 1. The lowest BCUT2D eigenvalue weighted by molar-refractivity contribution is 0.594. The summed E-state index contributed by atoms with van der Waals surface area (Å²) in [7, 11) is -3.44. The Morgan fingerprint density at radius 1 is 1.24 bits per heavy atom. The van der Waals surface area contributed by atoms with E-state index in [0.29, 0.717) is 5.02 Å². The fraction of sp³-hybridized carbons (Fsp3) is 0.200. The first kappa shape index (κ1) is 14.8. The maximum atomic E-state index is 12.6. The van der Waals surface area contributed by atoms with Crippen molar-refractivity contribution in [2.75, 3.05) is 11.5 Å². The minimum absolute atomic E-state index is 0.0192. The first-order chi connectivity index (χ1) is 9.95. The normalized spacial score (nSPS) is 17.7. The van der Waals surface area contributed by atoms with Gasteiger partial charge in [0.25, 0.3) is 0 Å². The molecular weight excluding hydrogens is 326 g/mol. The predicted octanol–water partition coefficient (Wildman–Crippen LogP) is 3.41. The van der Waals surface area contributed by atoms with Gasteiger partial charge in [0.2, 0.25) is 0 Å². The Labute approximate surface area is 133 Å². The largest absolute Gasteiger partial charge is 0.398 e. The quantitative estimate of drug-likeness (QED) is 0.870. The van der Waals surface area contributed by atoms with E-state index in [4.69, 9.17) is 17.3 Å². The van der Waals surface area contributed by atoms with Gasteiger partial charge >= 0.3 is 0 Å². The molecule has 0 saturated carbocycles. The minimum Gasteiger partial charge on any atom is -0.398 e. The van der Waals surface area contributed by atoms with Crippen LogP contribution in [-0.2, 0) is 16.3 Å². The molecule has 0 spiro atoms. The number of rotatable bonds is 3. The molecule has 0 aliphatic carbocycles. The summed E-state index contributed by atoms with van der Waals surface area (Å²) in [6.45, 7) is 0. The summed E-state index contributed by atoms with van der Waals surface area (Å²) in [4.78, 5) is 1.29. The Morgan fingerprint density at radius 3 is 2.76 bits per heavy atom. The zero-order valence-corrected chi connectivity index (χ0v) is 13.5. The summed E-state index contributed by atoms with van der Waals surface area (Å²) in [6.07, 6.45) is 0.764. The molecule has 1 atom stereocenters. The van der Waals surface area contributed by atoms with E-state index in [0.717, 1.165) is 11.3 Å². The summed E-state index contributed by atoms with van der Waals surface area (Å²) in [6, 6.07) is 12.6. The van der Waals surface area contributed by atoms with Gasteiger partial charge in [-0.05, 0) is 36.2 Å². The van der Waals surface area contributed by atoms with Crippen LogP contribution in [0.25, 0.3) is 0 Å². The van der Waals surface area contributed by atoms with Crippen molar-refractivity contribution in [1.82, 2.24) is 0 Å². The molecule has 1 aliphatic rings. The minimum atomic E-state index is -3.44. The summed E-state index contributed by atoms with van der Waals surface area (Å²) in [5.41, 5.74) is 7.25. The van der Waals surface area contributed by atoms with Gasteiger partial charge in [-0.25, -0.2) is 8.42 Å². The molecule has 21 heavy (non-hydrogen) atoms. The number of hydrogen-bond acceptors (Lipinski definition) is 4. The van der Waals surface area contributed by atoms with Gasteiger partial charge in [-0.2, -0.15) is 0 Å². The summed E-state index contributed by atoms with van der Waals surface area (Å²) < 4.78 is 25.1. The number of nitrogens with two attached hydrogens (primary N) is 1. The molecule has 2 aromatic carbocycles. The maximum Gasteiger partial charge on any atom is 0.181 e. The van der Waals surface area contributed by atoms with E-state index in [-0.39, 0.29) is 21.6 Å². The number of halogens is 1. The molecule has 0 aromatic heterocycles. The van der Waals surface area contributed by atoms with Crippen molar-refractivity contribution in [3.63, 3.8) is 0 Å². The molecule has 2 aromatic rings. The van der Waals surface area contributed by atoms with Crippen molar-refractivity contribution in [2.45, 2.75) is 21.5 Å². The summed E-state index contributed by atoms with van der Waals surface area (Å²) >= 11 is 7.50. The lowest BCUT2D eigenvalue weighted by Gasteiger charge is -2.11. The first-order valence-corrected chi connectivity index (χ1v) is 9.39. The lowest BCUT2D eigenvalue weighted by atomic mass is 10.1. The zero-order chi connectivity index (χ0) is 15.0. The van der Waals surface area contributed by atoms with Crippen molar-refractivity contribution in [2.24, 2.45) is 0 Å². The van der Waals surface area contributed by atoms with E-state index in [2.05, 4.69) is 0 Å². The van der Waals surface area contributed by atoms with E-state index in [1.807, 2.05) is 24.3 Å². The zero-order valence-electron chi connectivity index (χ0n) is 11.1. The highest BCUT2D eigenvalue weighted by Crippen LogP contribution is 2.38. The van der Waals surface area contributed by atoms with Crippen LogP contribution in [0.15, 0.2) is 52.3 Å². The van der Waals surface area contributed by atoms with Crippen LogP contribution >= 0.6 is 23.4 Å². The van der Waals surface area contributed by atoms with Crippen molar-refractivity contribution < 1.29 is 8.42 Å². The van der Waals surface area contributed by atoms with E-state index in [9.17, 15) is 8.42 Å². The van der Waals surface area contributed by atoms with Crippen LogP contribution in [0, 0.1) is 0 Å². The molecule has 0 amide bonds. The average molecular weight is 340 g/mol. The second kappa shape index (κ2) is 5.55. The van der Waals surface area contributed by atoms with E-state index in [1.165, 1.54) is 17.7 Å². The third-order valence-corrected chi connectivity index (χ3v) is 7.06. The molecular formula is C15H14ClNO2S2. The monoisotopic (exact) mass is 339 g/mol. The lowest BCUT2D eigenvalue weighted by Crippen LogP contribution is -2.19. The molecule has 3 rings (SSSR count). The van der Waals surface area contributed by atoms with E-state index in [1.54, 1.807) is 17.8 Å². The predicted molar refractivity (Wildman–Crippen MR) is 87.7 cm³/mol. The molecule has 0 saturated heterocycles. The van der Waals surface area contributed by atoms with Gasteiger partial charge in [0, 0.05) is 15.2 Å². The van der Waals surface area contributed by atoms with E-state index < -0.39 is 9.84 Å². The number of thioether (sulfide) groups is 1. The first-order valence-electron chi connectivity index (χ1n) is 6.48. The number of nitrogen functional groups attached to an aromatic ring is 1. The molecule has 6 heteroatoms. The number of anilines is 1. The third-order valence-electron chi connectivity index (χ3n) is 3.43. The Bertz CT molecular complexity index is 765. The van der Waals surface area contributed by atoms with Gasteiger partial charge < -0.3 is 5.73 Å². The fourth-order valence-corrected chi connectivity index (χ4v) is 6.11. The standard InChI is InChI=1S/C15H14ClNO2S2/c16-11-5-6-13(17)15(8-11)21(18,19)9-12-7-10-3-1-2-4-14(10)20-12/h1-6,8,12H,7,9,17H2. The van der Waals surface area contributed by atoms with Gasteiger partial charge in [0.05, 0.1) is 16.3 Å². The summed E-state index contributed by atoms with van der Waals surface area (Å²) in [5.74, 6) is 0.0664. The van der Waals surface area contributed by atoms with Crippen LogP contribution in [0.3, 0.4) is 0 Å². The Morgan fingerprint density at radius 2 is 2.00 bits per heavy atom. The second-order valence-electron chi connectivity index (χ2n) is 5.02. The van der Waals surface area contributed by atoms with Crippen molar-refractivity contribution in [3.05, 3.63) is 53.1 Å². The van der Waals surface area contributed by atoms with Crippen LogP contribution in [-0.4, -0.2) is 19.4 Å². The van der Waals surface area contributed by atoms with Crippen LogP contribution in [0.4, 0.5) is 5.69 Å². The molecule has 1 unspecified atom stereocenters. The van der Waals surface area contributed by atoms with Crippen molar-refractivity contribution in [1.29, 1.82) is 0 Å². The molecule has 0 bridgehead atoms. The van der Waals surface area contributed by atoms with Crippen LogP contribution in [0.2, 0.25) is 5.02 Å². The fourth-order valence-electron chi connectivity index (χ4n) is 2.46. The average Bonchev–Trinajstić information content (AvgIpc) is 2.82. The van der Waals surface area contributed by atoms with Gasteiger partial charge in [-0.1, -0.05) is 29.8 Å². The van der Waals surface area contributed by atoms with E-state index >= 15 is 0 Å². The number of hydrogen-bond donors (Lipinski definition) is 1. The van der Waals surface area contributed by atoms with Gasteiger partial charge in [0.15, 0.2) is 9.84 Å². The smallest absolute Gasteiger partial charge is 0.181 e. The topological polar surface area (TPSA) is 60.2 Å². The van der Waals surface area contributed by atoms with Crippen LogP contribution in [0.1, 0.15) is 5.56 Å². The summed E-state index contributed by atoms with van der Waals surface area (Å²) in [5, 5.41) is 0.399. The van der Waals surface area contributed by atoms with Crippen molar-refractivity contribution in [3.8, 4) is 0 Å². The SMILES string of the molecule is Nc1ccc(Cl)cc1S(=O)(=O)CC1Cc2ccccc2S1. The van der Waals surface area contributed by atoms with Gasteiger partial charge in [0.1, 0.15) is 0 Å².